The Balaban J connectivity index is 5.84. The molecule has 38 heavy (non-hydrogen) atoms. The Labute approximate surface area is 198 Å². The van der Waals surface area contributed by atoms with Gasteiger partial charge in [0.05, 0.1) is 13.2 Å². The number of ether oxygens (including phenoxy) is 2. The standard InChI is InChI=1S/C12H12F16O8P2/c13-7(14,15)5(8(16,17)18,37(29,30)31)11(25,26)35-3-1-2-4-36-12(27,28)6(9(19,20)21,10(22,23)24)38(32,33)34/h1-4H2,(H2,29,30,31)(H2,32,33,34). The Morgan fingerprint density at radius 3 is 0.763 bits per heavy atom. The minimum Gasteiger partial charge on any atom is -0.323 e. The van der Waals surface area contributed by atoms with E-state index in [-0.39, 0.29) is 0 Å². The van der Waals surface area contributed by atoms with Gasteiger partial charge in [-0.15, -0.1) is 0 Å². The molecule has 0 fully saturated rings. The van der Waals surface area contributed by atoms with E-state index in [2.05, 4.69) is 9.47 Å². The summed E-state index contributed by atoms with van der Waals surface area (Å²) < 4.78 is 238. The molecule has 0 bridgehead atoms. The molecule has 0 saturated carbocycles. The van der Waals surface area contributed by atoms with E-state index in [0.717, 1.165) is 0 Å². The molecule has 0 radical (unpaired) electrons. The number of rotatable bonds is 11. The van der Waals surface area contributed by atoms with Gasteiger partial charge in [0.15, 0.2) is 0 Å². The molecule has 0 atom stereocenters. The van der Waals surface area contributed by atoms with Gasteiger partial charge in [-0.3, -0.25) is 9.13 Å². The molecular weight excluding hydrogens is 638 g/mol. The van der Waals surface area contributed by atoms with Crippen LogP contribution in [0.5, 0.6) is 0 Å². The van der Waals surface area contributed by atoms with Crippen LogP contribution >= 0.6 is 15.2 Å². The van der Waals surface area contributed by atoms with Gasteiger partial charge in [-0.2, -0.15) is 70.2 Å². The lowest BCUT2D eigenvalue weighted by molar-refractivity contribution is -0.390. The third kappa shape index (κ3) is 6.06. The van der Waals surface area contributed by atoms with Crippen LogP contribution in [0.3, 0.4) is 0 Å². The van der Waals surface area contributed by atoms with Crippen molar-refractivity contribution in [2.24, 2.45) is 0 Å². The van der Waals surface area contributed by atoms with Crippen LogP contribution in [-0.4, -0.2) is 80.0 Å². The Bertz CT molecular complexity index is 809. The van der Waals surface area contributed by atoms with Crippen molar-refractivity contribution in [3.8, 4) is 0 Å². The SMILES string of the molecule is O=P(O)(O)C(C(F)(F)F)(C(F)(F)F)C(F)(F)OCCCCOC(F)(F)C(C(F)(F)F)(C(F)(F)F)P(=O)(O)O. The maximum absolute atomic E-state index is 13.8. The van der Waals surface area contributed by atoms with Crippen LogP contribution in [0.4, 0.5) is 70.2 Å². The van der Waals surface area contributed by atoms with E-state index >= 15 is 0 Å². The monoisotopic (exact) mass is 650 g/mol. The fourth-order valence-corrected chi connectivity index (χ4v) is 4.92. The molecule has 0 aromatic carbocycles. The molecule has 0 aromatic rings. The van der Waals surface area contributed by atoms with Crippen LogP contribution in [-0.2, 0) is 18.6 Å². The summed E-state index contributed by atoms with van der Waals surface area (Å²) in [5, 5.41) is -14.3. The normalized spacial score (nSPS) is 16.2. The van der Waals surface area contributed by atoms with Gasteiger partial charge in [0.2, 0.25) is 0 Å². The van der Waals surface area contributed by atoms with Crippen molar-refractivity contribution in [1.82, 2.24) is 0 Å². The van der Waals surface area contributed by atoms with Gasteiger partial charge in [0.1, 0.15) is 0 Å². The molecule has 0 aliphatic heterocycles. The highest BCUT2D eigenvalue weighted by Gasteiger charge is 2.93. The van der Waals surface area contributed by atoms with Crippen molar-refractivity contribution in [2.45, 2.75) is 60.1 Å². The fraction of sp³-hybridized carbons (Fsp3) is 1.00. The number of alkyl halides is 16. The lowest BCUT2D eigenvalue weighted by atomic mass is 10.1. The summed E-state index contributed by atoms with van der Waals surface area (Å²) in [4.78, 5) is 34.0. The summed E-state index contributed by atoms with van der Waals surface area (Å²) >= 11 is 0. The summed E-state index contributed by atoms with van der Waals surface area (Å²) in [6, 6.07) is 0. The predicted molar refractivity (Wildman–Crippen MR) is 84.8 cm³/mol. The molecule has 0 unspecified atom stereocenters. The quantitative estimate of drug-likeness (QED) is 0.139. The zero-order chi connectivity index (χ0) is 31.2. The molecule has 26 heteroatoms. The van der Waals surface area contributed by atoms with Crippen LogP contribution < -0.4 is 0 Å². The van der Waals surface area contributed by atoms with Gasteiger partial charge >= 0.3 is 62.4 Å². The largest absolute Gasteiger partial charge is 0.423 e. The molecule has 230 valence electrons. The van der Waals surface area contributed by atoms with Gasteiger partial charge in [0.25, 0.3) is 0 Å². The molecule has 0 aliphatic rings. The van der Waals surface area contributed by atoms with E-state index < -0.39 is 88.5 Å². The van der Waals surface area contributed by atoms with E-state index in [0.29, 0.717) is 0 Å². The molecule has 0 amide bonds. The Kier molecular flexibility index (Phi) is 10.2. The Hall–Kier alpha value is -0.900. The summed E-state index contributed by atoms with van der Waals surface area (Å²) in [6.45, 7) is -4.37. The van der Waals surface area contributed by atoms with E-state index in [9.17, 15) is 79.4 Å². The zero-order valence-corrected chi connectivity index (χ0v) is 19.0. The zero-order valence-electron chi connectivity index (χ0n) is 17.2. The smallest absolute Gasteiger partial charge is 0.323 e. The third-order valence-corrected chi connectivity index (χ3v) is 7.75. The summed E-state index contributed by atoms with van der Waals surface area (Å²) in [7, 11) is -15.9. The van der Waals surface area contributed by atoms with Gasteiger partial charge in [-0.25, -0.2) is 0 Å². The Morgan fingerprint density at radius 1 is 0.447 bits per heavy atom. The molecule has 0 spiro atoms. The van der Waals surface area contributed by atoms with E-state index in [4.69, 9.17) is 19.6 Å². The molecule has 0 aromatic heterocycles. The molecule has 0 saturated heterocycles. The number of unbranched alkanes of at least 4 members (excludes halogenated alkanes) is 1. The molecular formula is C12H12F16O8P2. The van der Waals surface area contributed by atoms with Crippen molar-refractivity contribution in [1.29, 1.82) is 0 Å². The Morgan fingerprint density at radius 2 is 0.632 bits per heavy atom. The minimum absolute atomic E-state index is 1.56. The van der Waals surface area contributed by atoms with Crippen LogP contribution in [0.15, 0.2) is 0 Å². The summed E-state index contributed by atoms with van der Waals surface area (Å²) in [5.41, 5.74) is 0. The minimum atomic E-state index is -7.96. The first kappa shape index (κ1) is 37.1. The van der Waals surface area contributed by atoms with Crippen molar-refractivity contribution >= 4 is 15.2 Å². The molecule has 8 nitrogen and oxygen atoms in total. The van der Waals surface area contributed by atoms with Gasteiger partial charge in [0, 0.05) is 0 Å². The van der Waals surface area contributed by atoms with Crippen LogP contribution in [0.25, 0.3) is 0 Å². The second-order valence-electron chi connectivity index (χ2n) is 6.94. The van der Waals surface area contributed by atoms with Crippen LogP contribution in [0.1, 0.15) is 12.8 Å². The number of hydrogen-bond acceptors (Lipinski definition) is 4. The average molecular weight is 650 g/mol. The van der Waals surface area contributed by atoms with Crippen molar-refractivity contribution in [3.05, 3.63) is 0 Å². The number of halogens is 16. The molecule has 0 aliphatic carbocycles. The van der Waals surface area contributed by atoms with E-state index in [1.54, 1.807) is 0 Å². The lowest BCUT2D eigenvalue weighted by Gasteiger charge is -2.41. The van der Waals surface area contributed by atoms with E-state index in [1.807, 2.05) is 0 Å². The average Bonchev–Trinajstić information content (AvgIpc) is 2.48. The predicted octanol–water partition coefficient (Wildman–Crippen LogP) is 5.07. The topological polar surface area (TPSA) is 134 Å². The maximum atomic E-state index is 13.8. The summed E-state index contributed by atoms with van der Waals surface area (Å²) in [5.74, 6) is 0. The van der Waals surface area contributed by atoms with Gasteiger partial charge in [-0.05, 0) is 12.8 Å². The van der Waals surface area contributed by atoms with Crippen LogP contribution in [0.2, 0.25) is 0 Å². The number of hydrogen-bond donors (Lipinski definition) is 4. The van der Waals surface area contributed by atoms with Gasteiger partial charge in [-0.1, -0.05) is 0 Å². The van der Waals surface area contributed by atoms with Gasteiger partial charge < -0.3 is 29.0 Å². The second kappa shape index (κ2) is 10.5. The fourth-order valence-electron chi connectivity index (χ4n) is 2.79. The molecule has 0 heterocycles. The highest BCUT2D eigenvalue weighted by Crippen LogP contribution is 2.72. The van der Waals surface area contributed by atoms with Crippen molar-refractivity contribution < 1.29 is 108 Å². The third-order valence-electron chi connectivity index (χ3n) is 4.46. The van der Waals surface area contributed by atoms with Crippen molar-refractivity contribution in [2.75, 3.05) is 13.2 Å². The first-order valence-corrected chi connectivity index (χ1v) is 11.8. The first-order valence-electron chi connectivity index (χ1n) is 8.62. The molecule has 4 N–H and O–H groups in total. The van der Waals surface area contributed by atoms with Crippen molar-refractivity contribution in [3.63, 3.8) is 0 Å². The highest BCUT2D eigenvalue weighted by molar-refractivity contribution is 7.54. The first-order chi connectivity index (χ1) is 16.2. The second-order valence-corrected chi connectivity index (χ2v) is 10.5. The molecule has 0 rings (SSSR count). The van der Waals surface area contributed by atoms with E-state index in [1.165, 1.54) is 0 Å². The maximum Gasteiger partial charge on any atom is 0.423 e. The lowest BCUT2D eigenvalue weighted by Crippen LogP contribution is -2.68. The summed E-state index contributed by atoms with van der Waals surface area (Å²) in [6.07, 6.45) is -46.6. The van der Waals surface area contributed by atoms with Crippen LogP contribution in [0, 0.1) is 0 Å². The highest BCUT2D eigenvalue weighted by atomic mass is 31.2.